The van der Waals surface area contributed by atoms with E-state index in [1.54, 1.807) is 0 Å². The number of fused-ring (bicyclic) bond motifs is 1. The van der Waals surface area contributed by atoms with Crippen LogP contribution in [0, 0.1) is 22.7 Å². The Hall–Kier alpha value is -1.35. The third kappa shape index (κ3) is 3.62. The molecular formula is C22H34O3. The number of aliphatic hydroxyl groups is 1. The molecule has 0 aromatic carbocycles. The predicted molar refractivity (Wildman–Crippen MR) is 102 cm³/mol. The van der Waals surface area contributed by atoms with E-state index in [1.807, 2.05) is 6.08 Å². The van der Waals surface area contributed by atoms with E-state index in [0.717, 1.165) is 19.3 Å². The lowest BCUT2D eigenvalue weighted by atomic mass is 9.46. The van der Waals surface area contributed by atoms with E-state index < -0.39 is 12.2 Å². The van der Waals surface area contributed by atoms with E-state index >= 15 is 0 Å². The predicted octanol–water partition coefficient (Wildman–Crippen LogP) is 4.82. The van der Waals surface area contributed by atoms with Crippen LogP contribution in [-0.4, -0.2) is 23.3 Å². The van der Waals surface area contributed by atoms with Crippen molar-refractivity contribution in [3.8, 4) is 0 Å². The summed E-state index contributed by atoms with van der Waals surface area (Å²) in [5.41, 5.74) is 2.10. The Kier molecular flexibility index (Phi) is 5.68. The maximum absolute atomic E-state index is 11.6. The van der Waals surface area contributed by atoms with Crippen LogP contribution < -0.4 is 0 Å². The highest BCUT2D eigenvalue weighted by atomic mass is 16.6. The highest BCUT2D eigenvalue weighted by molar-refractivity contribution is 5.66. The summed E-state index contributed by atoms with van der Waals surface area (Å²) < 4.78 is 5.53. The molecule has 2 saturated carbocycles. The second-order valence-electron chi connectivity index (χ2n) is 8.81. The van der Waals surface area contributed by atoms with Crippen molar-refractivity contribution in [3.63, 3.8) is 0 Å². The fraction of sp³-hybridized carbons (Fsp3) is 0.682. The van der Waals surface area contributed by atoms with Crippen molar-refractivity contribution in [3.05, 3.63) is 36.5 Å². The summed E-state index contributed by atoms with van der Waals surface area (Å²) in [6, 6.07) is 0. The average Bonchev–Trinajstić information content (AvgIpc) is 2.50. The van der Waals surface area contributed by atoms with Crippen molar-refractivity contribution in [1.29, 1.82) is 0 Å². The molecule has 0 aromatic rings. The van der Waals surface area contributed by atoms with Crippen LogP contribution in [0.1, 0.15) is 60.3 Å². The molecule has 0 saturated heterocycles. The van der Waals surface area contributed by atoms with Gasteiger partial charge in [-0.25, -0.2) is 0 Å². The van der Waals surface area contributed by atoms with E-state index in [-0.39, 0.29) is 16.8 Å². The summed E-state index contributed by atoms with van der Waals surface area (Å²) in [5.74, 6) is 0.371. The third-order valence-electron chi connectivity index (χ3n) is 6.81. The number of carbonyl (C=O) groups excluding carboxylic acids is 1. The van der Waals surface area contributed by atoms with Crippen LogP contribution in [0.15, 0.2) is 36.5 Å². The van der Waals surface area contributed by atoms with Crippen LogP contribution in [-0.2, 0) is 9.53 Å². The molecular weight excluding hydrogens is 312 g/mol. The molecule has 0 heterocycles. The van der Waals surface area contributed by atoms with Crippen LogP contribution in [0.3, 0.4) is 0 Å². The Morgan fingerprint density at radius 2 is 2.00 bits per heavy atom. The Balaban J connectivity index is 2.41. The third-order valence-corrected chi connectivity index (χ3v) is 6.81. The monoisotopic (exact) mass is 346 g/mol. The minimum absolute atomic E-state index is 0.0455. The topological polar surface area (TPSA) is 46.5 Å². The molecule has 0 bridgehead atoms. The molecule has 3 heteroatoms. The van der Waals surface area contributed by atoms with E-state index in [2.05, 4.69) is 46.9 Å². The van der Waals surface area contributed by atoms with Gasteiger partial charge in [0.05, 0.1) is 6.10 Å². The van der Waals surface area contributed by atoms with Crippen LogP contribution in [0.5, 0.6) is 0 Å². The van der Waals surface area contributed by atoms with Crippen molar-refractivity contribution < 1.29 is 14.6 Å². The second-order valence-corrected chi connectivity index (χ2v) is 8.81. The molecule has 0 spiro atoms. The van der Waals surface area contributed by atoms with Gasteiger partial charge >= 0.3 is 5.97 Å². The van der Waals surface area contributed by atoms with E-state index in [9.17, 15) is 9.90 Å². The summed E-state index contributed by atoms with van der Waals surface area (Å²) in [7, 11) is 0. The first-order valence-corrected chi connectivity index (χ1v) is 9.36. The van der Waals surface area contributed by atoms with Gasteiger partial charge in [0.2, 0.25) is 0 Å². The maximum atomic E-state index is 11.6. The Morgan fingerprint density at radius 1 is 1.36 bits per heavy atom. The number of esters is 1. The molecule has 2 rings (SSSR count). The van der Waals surface area contributed by atoms with Gasteiger partial charge in [-0.3, -0.25) is 4.79 Å². The SMILES string of the molecule is C=C/C(C)=C/C[C@H]1C(=C)CC[C@H]2C(C)(C)[C@@H](O)[C@H](OC(C)=O)C[C@]12C. The van der Waals surface area contributed by atoms with Gasteiger partial charge in [0.15, 0.2) is 0 Å². The van der Waals surface area contributed by atoms with E-state index in [0.29, 0.717) is 18.3 Å². The number of carbonyl (C=O) groups is 1. The van der Waals surface area contributed by atoms with Gasteiger partial charge < -0.3 is 9.84 Å². The van der Waals surface area contributed by atoms with Crippen molar-refractivity contribution in [1.82, 2.24) is 0 Å². The summed E-state index contributed by atoms with van der Waals surface area (Å²) in [6.07, 6.45) is 6.66. The molecule has 0 aromatic heterocycles. The molecule has 5 atom stereocenters. The van der Waals surface area contributed by atoms with Gasteiger partial charge in [-0.05, 0) is 55.3 Å². The lowest BCUT2D eigenvalue weighted by Gasteiger charge is -2.61. The zero-order chi connectivity index (χ0) is 19.0. The number of ether oxygens (including phenoxy) is 1. The maximum Gasteiger partial charge on any atom is 0.302 e. The van der Waals surface area contributed by atoms with Gasteiger partial charge in [0, 0.05) is 6.92 Å². The van der Waals surface area contributed by atoms with Gasteiger partial charge in [-0.1, -0.05) is 57.2 Å². The zero-order valence-corrected chi connectivity index (χ0v) is 16.5. The molecule has 0 amide bonds. The Morgan fingerprint density at radius 3 is 2.56 bits per heavy atom. The van der Waals surface area contributed by atoms with Crippen LogP contribution in [0.25, 0.3) is 0 Å². The molecule has 0 radical (unpaired) electrons. The smallest absolute Gasteiger partial charge is 0.302 e. The highest BCUT2D eigenvalue weighted by Crippen LogP contribution is 2.62. The van der Waals surface area contributed by atoms with Crippen molar-refractivity contribution in [2.45, 2.75) is 72.5 Å². The minimum Gasteiger partial charge on any atom is -0.460 e. The lowest BCUT2D eigenvalue weighted by molar-refractivity contribution is -0.199. The van der Waals surface area contributed by atoms with Gasteiger partial charge in [-0.15, -0.1) is 0 Å². The number of hydrogen-bond acceptors (Lipinski definition) is 3. The quantitative estimate of drug-likeness (QED) is 0.451. The second kappa shape index (κ2) is 7.11. The summed E-state index contributed by atoms with van der Waals surface area (Å²) in [4.78, 5) is 11.6. The molecule has 140 valence electrons. The highest BCUT2D eigenvalue weighted by Gasteiger charge is 2.59. The normalized spacial score (nSPS) is 38.0. The standard InChI is InChI=1S/C22H34O3/c1-8-14(2)9-11-17-15(3)10-12-19-21(5,6)20(24)18(25-16(4)23)13-22(17,19)7/h8-9,17-20,24H,1,3,10-13H2,2,4-7H3/b14-9+/t17-,18+,19-,20-,22+/m0/s1. The molecule has 3 nitrogen and oxygen atoms in total. The molecule has 2 aliphatic carbocycles. The number of hydrogen-bond donors (Lipinski definition) is 1. The molecule has 2 aliphatic rings. The van der Waals surface area contributed by atoms with Crippen molar-refractivity contribution >= 4 is 5.97 Å². The number of rotatable bonds is 4. The number of allylic oxidation sites excluding steroid dienone is 4. The molecule has 0 unspecified atom stereocenters. The zero-order valence-electron chi connectivity index (χ0n) is 16.5. The van der Waals surface area contributed by atoms with Gasteiger partial charge in [-0.2, -0.15) is 0 Å². The molecule has 1 N–H and O–H groups in total. The lowest BCUT2D eigenvalue weighted by Crippen LogP contribution is -2.60. The largest absolute Gasteiger partial charge is 0.460 e. The van der Waals surface area contributed by atoms with Crippen LogP contribution >= 0.6 is 0 Å². The minimum atomic E-state index is -0.632. The molecule has 0 aliphatic heterocycles. The molecule has 25 heavy (non-hydrogen) atoms. The fourth-order valence-electron chi connectivity index (χ4n) is 5.42. The van der Waals surface area contributed by atoms with Crippen LogP contribution in [0.2, 0.25) is 0 Å². The Bertz CT molecular complexity index is 586. The summed E-state index contributed by atoms with van der Waals surface area (Å²) >= 11 is 0. The first kappa shape index (κ1) is 20.0. The van der Waals surface area contributed by atoms with Crippen molar-refractivity contribution in [2.75, 3.05) is 0 Å². The van der Waals surface area contributed by atoms with E-state index in [1.165, 1.54) is 18.1 Å². The first-order valence-electron chi connectivity index (χ1n) is 9.36. The van der Waals surface area contributed by atoms with Gasteiger partial charge in [0.25, 0.3) is 0 Å². The summed E-state index contributed by atoms with van der Waals surface area (Å²) in [5, 5.41) is 10.9. The molecule has 2 fully saturated rings. The Labute approximate surface area is 152 Å². The number of aliphatic hydroxyl groups excluding tert-OH is 1. The van der Waals surface area contributed by atoms with Gasteiger partial charge in [0.1, 0.15) is 6.10 Å². The average molecular weight is 347 g/mol. The first-order chi connectivity index (χ1) is 11.5. The van der Waals surface area contributed by atoms with Crippen molar-refractivity contribution in [2.24, 2.45) is 22.7 Å². The van der Waals surface area contributed by atoms with E-state index in [4.69, 9.17) is 4.74 Å². The van der Waals surface area contributed by atoms with Crippen LogP contribution in [0.4, 0.5) is 0 Å². The summed E-state index contributed by atoms with van der Waals surface area (Å²) in [6.45, 7) is 18.2. The fourth-order valence-corrected chi connectivity index (χ4v) is 5.42.